The van der Waals surface area contributed by atoms with Gasteiger partial charge in [-0.25, -0.2) is 0 Å². The van der Waals surface area contributed by atoms with Crippen molar-refractivity contribution in [2.45, 2.75) is 31.4 Å². The van der Waals surface area contributed by atoms with E-state index in [2.05, 4.69) is 22.4 Å². The Morgan fingerprint density at radius 2 is 2.33 bits per heavy atom. The van der Waals surface area contributed by atoms with Crippen LogP contribution in [0.15, 0.2) is 24.5 Å². The van der Waals surface area contributed by atoms with Crippen molar-refractivity contribution >= 4 is 0 Å². The SMILES string of the molecule is CNC(CC1CCCO1)c1ccncc1. The minimum absolute atomic E-state index is 0.385. The molecular formula is C12H18N2O. The van der Waals surface area contributed by atoms with E-state index in [1.54, 1.807) is 0 Å². The van der Waals surface area contributed by atoms with Crippen molar-refractivity contribution in [2.24, 2.45) is 0 Å². The molecule has 0 saturated carbocycles. The molecule has 1 fully saturated rings. The zero-order chi connectivity index (χ0) is 10.5. The smallest absolute Gasteiger partial charge is 0.0594 e. The lowest BCUT2D eigenvalue weighted by Gasteiger charge is -2.19. The Kier molecular flexibility index (Phi) is 3.69. The zero-order valence-electron chi connectivity index (χ0n) is 9.15. The molecule has 0 spiro atoms. The van der Waals surface area contributed by atoms with E-state index < -0.39 is 0 Å². The largest absolute Gasteiger partial charge is 0.378 e. The van der Waals surface area contributed by atoms with Crippen LogP contribution < -0.4 is 5.32 Å². The third kappa shape index (κ3) is 2.76. The van der Waals surface area contributed by atoms with E-state index in [1.807, 2.05) is 19.4 Å². The molecule has 2 unspecified atom stereocenters. The lowest BCUT2D eigenvalue weighted by Crippen LogP contribution is -2.22. The number of rotatable bonds is 4. The van der Waals surface area contributed by atoms with E-state index >= 15 is 0 Å². The summed E-state index contributed by atoms with van der Waals surface area (Å²) in [4.78, 5) is 4.03. The van der Waals surface area contributed by atoms with Gasteiger partial charge in [-0.1, -0.05) is 0 Å². The Labute approximate surface area is 90.9 Å². The number of ether oxygens (including phenoxy) is 1. The Morgan fingerprint density at radius 1 is 1.53 bits per heavy atom. The molecule has 3 heteroatoms. The summed E-state index contributed by atoms with van der Waals surface area (Å²) in [5, 5.41) is 3.34. The minimum Gasteiger partial charge on any atom is -0.378 e. The third-order valence-corrected chi connectivity index (χ3v) is 2.98. The second-order valence-corrected chi connectivity index (χ2v) is 3.99. The Morgan fingerprint density at radius 3 is 2.93 bits per heavy atom. The lowest BCUT2D eigenvalue weighted by molar-refractivity contribution is 0.0954. The molecule has 2 rings (SSSR count). The van der Waals surface area contributed by atoms with Crippen LogP contribution in [0, 0.1) is 0 Å². The lowest BCUT2D eigenvalue weighted by atomic mass is 10.0. The predicted octanol–water partition coefficient (Wildman–Crippen LogP) is 1.91. The topological polar surface area (TPSA) is 34.1 Å². The maximum absolute atomic E-state index is 5.65. The van der Waals surface area contributed by atoms with Crippen LogP contribution in [0.1, 0.15) is 30.9 Å². The average molecular weight is 206 g/mol. The molecule has 0 aromatic carbocycles. The molecule has 1 aliphatic heterocycles. The van der Waals surface area contributed by atoms with Crippen molar-refractivity contribution in [3.8, 4) is 0 Å². The average Bonchev–Trinajstić information content (AvgIpc) is 2.80. The van der Waals surface area contributed by atoms with Gasteiger partial charge in [0.25, 0.3) is 0 Å². The molecule has 0 radical (unpaired) electrons. The second kappa shape index (κ2) is 5.24. The first-order chi connectivity index (χ1) is 7.40. The minimum atomic E-state index is 0.385. The summed E-state index contributed by atoms with van der Waals surface area (Å²) < 4.78 is 5.65. The van der Waals surface area contributed by atoms with Gasteiger partial charge in [-0.3, -0.25) is 4.98 Å². The fourth-order valence-corrected chi connectivity index (χ4v) is 2.11. The van der Waals surface area contributed by atoms with E-state index in [9.17, 15) is 0 Å². The molecule has 15 heavy (non-hydrogen) atoms. The van der Waals surface area contributed by atoms with Crippen LogP contribution >= 0.6 is 0 Å². The fourth-order valence-electron chi connectivity index (χ4n) is 2.11. The standard InChI is InChI=1S/C12H18N2O/c1-13-12(9-11-3-2-8-15-11)10-4-6-14-7-5-10/h4-7,11-13H,2-3,8-9H2,1H3. The molecule has 1 saturated heterocycles. The van der Waals surface area contributed by atoms with E-state index in [4.69, 9.17) is 4.74 Å². The van der Waals surface area contributed by atoms with Crippen LogP contribution in [0.2, 0.25) is 0 Å². The first-order valence-electron chi connectivity index (χ1n) is 5.59. The molecule has 1 N–H and O–H groups in total. The quantitative estimate of drug-likeness (QED) is 0.817. The zero-order valence-corrected chi connectivity index (χ0v) is 9.15. The maximum Gasteiger partial charge on any atom is 0.0594 e. The van der Waals surface area contributed by atoms with Crippen molar-refractivity contribution in [2.75, 3.05) is 13.7 Å². The molecule has 0 bridgehead atoms. The number of nitrogens with zero attached hydrogens (tertiary/aromatic N) is 1. The van der Waals surface area contributed by atoms with Crippen molar-refractivity contribution in [3.63, 3.8) is 0 Å². The second-order valence-electron chi connectivity index (χ2n) is 3.99. The highest BCUT2D eigenvalue weighted by Gasteiger charge is 2.20. The number of pyridine rings is 1. The number of hydrogen-bond acceptors (Lipinski definition) is 3. The number of nitrogens with one attached hydrogen (secondary N) is 1. The molecular weight excluding hydrogens is 188 g/mol. The highest BCUT2D eigenvalue weighted by molar-refractivity contribution is 5.15. The van der Waals surface area contributed by atoms with Crippen LogP contribution in [0.25, 0.3) is 0 Å². The van der Waals surface area contributed by atoms with Gasteiger partial charge in [-0.05, 0) is 44.0 Å². The number of hydrogen-bond donors (Lipinski definition) is 1. The predicted molar refractivity (Wildman–Crippen MR) is 59.6 cm³/mol. The third-order valence-electron chi connectivity index (χ3n) is 2.98. The van der Waals surface area contributed by atoms with Crippen LogP contribution in [-0.4, -0.2) is 24.7 Å². The van der Waals surface area contributed by atoms with E-state index in [-0.39, 0.29) is 0 Å². The van der Waals surface area contributed by atoms with E-state index in [1.165, 1.54) is 18.4 Å². The van der Waals surface area contributed by atoms with Gasteiger partial charge in [0.2, 0.25) is 0 Å². The monoisotopic (exact) mass is 206 g/mol. The summed E-state index contributed by atoms with van der Waals surface area (Å²) in [5.41, 5.74) is 1.29. The van der Waals surface area contributed by atoms with Gasteiger partial charge in [0, 0.05) is 25.0 Å². The molecule has 1 aromatic rings. The molecule has 0 aliphatic carbocycles. The van der Waals surface area contributed by atoms with Gasteiger partial charge in [-0.15, -0.1) is 0 Å². The van der Waals surface area contributed by atoms with Gasteiger partial charge < -0.3 is 10.1 Å². The summed E-state index contributed by atoms with van der Waals surface area (Å²) in [6, 6.07) is 4.52. The van der Waals surface area contributed by atoms with Gasteiger partial charge in [0.05, 0.1) is 6.10 Å². The molecule has 1 aliphatic rings. The molecule has 3 nitrogen and oxygen atoms in total. The van der Waals surface area contributed by atoms with Crippen LogP contribution in [0.4, 0.5) is 0 Å². The maximum atomic E-state index is 5.65. The first kappa shape index (κ1) is 10.6. The molecule has 0 amide bonds. The number of aromatic nitrogens is 1. The highest BCUT2D eigenvalue weighted by atomic mass is 16.5. The van der Waals surface area contributed by atoms with E-state index in [0.29, 0.717) is 12.1 Å². The van der Waals surface area contributed by atoms with Gasteiger partial charge in [-0.2, -0.15) is 0 Å². The Hall–Kier alpha value is -0.930. The van der Waals surface area contributed by atoms with Gasteiger partial charge >= 0.3 is 0 Å². The fraction of sp³-hybridized carbons (Fsp3) is 0.583. The van der Waals surface area contributed by atoms with Crippen LogP contribution in [0.5, 0.6) is 0 Å². The molecule has 2 atom stereocenters. The normalized spacial score (nSPS) is 22.9. The highest BCUT2D eigenvalue weighted by Crippen LogP contribution is 2.24. The summed E-state index contributed by atoms with van der Waals surface area (Å²) in [6.07, 6.45) is 7.57. The molecule has 2 heterocycles. The summed E-state index contributed by atoms with van der Waals surface area (Å²) >= 11 is 0. The Bertz CT molecular complexity index is 283. The van der Waals surface area contributed by atoms with Crippen LogP contribution in [0.3, 0.4) is 0 Å². The summed E-state index contributed by atoms with van der Waals surface area (Å²) in [5.74, 6) is 0. The van der Waals surface area contributed by atoms with Crippen molar-refractivity contribution in [1.29, 1.82) is 0 Å². The van der Waals surface area contributed by atoms with Crippen molar-refractivity contribution < 1.29 is 4.74 Å². The summed E-state index contributed by atoms with van der Waals surface area (Å²) in [7, 11) is 2.00. The molecule has 1 aromatic heterocycles. The van der Waals surface area contributed by atoms with Crippen molar-refractivity contribution in [1.82, 2.24) is 10.3 Å². The first-order valence-corrected chi connectivity index (χ1v) is 5.59. The van der Waals surface area contributed by atoms with Crippen LogP contribution in [-0.2, 0) is 4.74 Å². The molecule has 82 valence electrons. The van der Waals surface area contributed by atoms with Crippen molar-refractivity contribution in [3.05, 3.63) is 30.1 Å². The van der Waals surface area contributed by atoms with Gasteiger partial charge in [0.15, 0.2) is 0 Å². The van der Waals surface area contributed by atoms with Gasteiger partial charge in [0.1, 0.15) is 0 Å². The Balaban J connectivity index is 1.97. The summed E-state index contributed by atoms with van der Waals surface area (Å²) in [6.45, 7) is 0.928. The van der Waals surface area contributed by atoms with E-state index in [0.717, 1.165) is 13.0 Å².